The van der Waals surface area contributed by atoms with Gasteiger partial charge in [0.05, 0.1) is 0 Å². The predicted octanol–water partition coefficient (Wildman–Crippen LogP) is 6.17. The Bertz CT molecular complexity index is 1300. The normalized spacial score (nSPS) is 10.6. The van der Waals surface area contributed by atoms with Crippen molar-refractivity contribution in [1.29, 1.82) is 0 Å². The average molecular weight is 441 g/mol. The molecule has 5 aromatic carbocycles. The molecule has 5 aromatic rings. The number of nitrogens with zero attached hydrogens (tertiary/aromatic N) is 1. The van der Waals surface area contributed by atoms with Gasteiger partial charge < -0.3 is 14.9 Å². The van der Waals surface area contributed by atoms with Gasteiger partial charge in [-0.3, -0.25) is 0 Å². The number of hydrogen-bond donors (Lipinski definition) is 2. The molecule has 0 heterocycles. The Morgan fingerprint density at radius 2 is 0.706 bits per heavy atom. The first kappa shape index (κ1) is 21.7. The fraction of sp³-hybridized carbons (Fsp3) is 0. The fourth-order valence-corrected chi connectivity index (χ4v) is 4.11. The number of benzene rings is 5. The summed E-state index contributed by atoms with van der Waals surface area (Å²) in [6.45, 7) is 0. The lowest BCUT2D eigenvalue weighted by molar-refractivity contribution is 0.426. The van der Waals surface area contributed by atoms with Gasteiger partial charge in [0.2, 0.25) is 0 Å². The fourth-order valence-electron chi connectivity index (χ4n) is 4.11. The molecule has 4 heteroatoms. The Morgan fingerprint density at radius 1 is 0.382 bits per heavy atom. The molecule has 34 heavy (non-hydrogen) atoms. The average Bonchev–Trinajstić information content (AvgIpc) is 2.91. The van der Waals surface area contributed by atoms with Crippen LogP contribution in [-0.2, 0) is 0 Å². The Hall–Kier alpha value is -4.12. The minimum Gasteiger partial charge on any atom is -0.423 e. The SMILES string of the molecule is OB(O)c1ccc(-c2ccc(-c3ccc(N(c4ccccc4)c4ccccc4)cc3)cc2)cc1. The van der Waals surface area contributed by atoms with E-state index in [0.29, 0.717) is 5.46 Å². The van der Waals surface area contributed by atoms with Crippen molar-refractivity contribution in [3.05, 3.63) is 133 Å². The standard InChI is InChI=1S/C30H24BNO2/c33-31(34)27-19-15-25(16-20-27)23-11-13-24(14-12-23)26-17-21-30(22-18-26)32(28-7-3-1-4-8-28)29-9-5-2-6-10-29/h1-22,33-34H. The van der Waals surface area contributed by atoms with Crippen molar-refractivity contribution in [2.75, 3.05) is 4.90 Å². The van der Waals surface area contributed by atoms with E-state index in [1.165, 1.54) is 0 Å². The molecule has 3 nitrogen and oxygen atoms in total. The Labute approximate surface area is 200 Å². The smallest absolute Gasteiger partial charge is 0.423 e. The first-order chi connectivity index (χ1) is 16.7. The number of anilines is 3. The zero-order valence-electron chi connectivity index (χ0n) is 18.6. The molecule has 0 radical (unpaired) electrons. The third-order valence-electron chi connectivity index (χ3n) is 5.91. The minimum atomic E-state index is -1.45. The maximum absolute atomic E-state index is 9.28. The van der Waals surface area contributed by atoms with Gasteiger partial charge in [0.1, 0.15) is 0 Å². The molecular formula is C30H24BNO2. The summed E-state index contributed by atoms with van der Waals surface area (Å²) in [4.78, 5) is 2.25. The zero-order chi connectivity index (χ0) is 23.3. The van der Waals surface area contributed by atoms with Crippen LogP contribution in [0.5, 0.6) is 0 Å². The molecule has 0 saturated heterocycles. The van der Waals surface area contributed by atoms with Gasteiger partial charge in [0.25, 0.3) is 0 Å². The highest BCUT2D eigenvalue weighted by molar-refractivity contribution is 6.58. The Morgan fingerprint density at radius 3 is 1.09 bits per heavy atom. The molecule has 0 aliphatic carbocycles. The summed E-state index contributed by atoms with van der Waals surface area (Å²) in [6.07, 6.45) is 0. The van der Waals surface area contributed by atoms with E-state index in [4.69, 9.17) is 0 Å². The highest BCUT2D eigenvalue weighted by atomic mass is 16.4. The van der Waals surface area contributed by atoms with E-state index >= 15 is 0 Å². The third kappa shape index (κ3) is 4.64. The van der Waals surface area contributed by atoms with Crippen molar-refractivity contribution in [1.82, 2.24) is 0 Å². The van der Waals surface area contributed by atoms with E-state index in [9.17, 15) is 10.0 Å². The Balaban J connectivity index is 1.41. The molecule has 0 aromatic heterocycles. The van der Waals surface area contributed by atoms with Crippen molar-refractivity contribution >= 4 is 29.6 Å². The molecule has 0 spiro atoms. The number of hydrogen-bond acceptors (Lipinski definition) is 3. The maximum atomic E-state index is 9.28. The van der Waals surface area contributed by atoms with Gasteiger partial charge in [-0.2, -0.15) is 0 Å². The molecule has 0 amide bonds. The lowest BCUT2D eigenvalue weighted by atomic mass is 9.80. The second-order valence-electron chi connectivity index (χ2n) is 8.13. The highest BCUT2D eigenvalue weighted by Gasteiger charge is 2.12. The van der Waals surface area contributed by atoms with Crippen molar-refractivity contribution < 1.29 is 10.0 Å². The van der Waals surface area contributed by atoms with Crippen molar-refractivity contribution in [2.45, 2.75) is 0 Å². The van der Waals surface area contributed by atoms with Gasteiger partial charge in [-0.25, -0.2) is 0 Å². The van der Waals surface area contributed by atoms with Crippen LogP contribution in [0.2, 0.25) is 0 Å². The van der Waals surface area contributed by atoms with E-state index in [1.807, 2.05) is 24.3 Å². The quantitative estimate of drug-likeness (QED) is 0.310. The second-order valence-corrected chi connectivity index (χ2v) is 8.13. The molecule has 164 valence electrons. The molecule has 0 atom stereocenters. The first-order valence-corrected chi connectivity index (χ1v) is 11.3. The summed E-state index contributed by atoms with van der Waals surface area (Å²) in [5, 5.41) is 18.6. The molecular weight excluding hydrogens is 417 g/mol. The van der Waals surface area contributed by atoms with E-state index < -0.39 is 7.12 Å². The molecule has 0 unspecified atom stereocenters. The van der Waals surface area contributed by atoms with Gasteiger partial charge in [-0.1, -0.05) is 97.1 Å². The van der Waals surface area contributed by atoms with Crippen molar-refractivity contribution in [2.24, 2.45) is 0 Å². The second kappa shape index (κ2) is 9.80. The molecule has 0 fully saturated rings. The molecule has 0 bridgehead atoms. The summed E-state index contributed by atoms with van der Waals surface area (Å²) in [5.41, 5.74) is 8.23. The highest BCUT2D eigenvalue weighted by Crippen LogP contribution is 2.35. The van der Waals surface area contributed by atoms with Crippen LogP contribution < -0.4 is 10.4 Å². The van der Waals surface area contributed by atoms with Crippen LogP contribution in [0.4, 0.5) is 17.1 Å². The summed E-state index contributed by atoms with van der Waals surface area (Å²) < 4.78 is 0. The summed E-state index contributed by atoms with van der Waals surface area (Å²) >= 11 is 0. The Kier molecular flexibility index (Phi) is 6.26. The van der Waals surface area contributed by atoms with Gasteiger partial charge in [0.15, 0.2) is 0 Å². The molecule has 0 saturated carbocycles. The lowest BCUT2D eigenvalue weighted by Gasteiger charge is -2.25. The topological polar surface area (TPSA) is 43.7 Å². The van der Waals surface area contributed by atoms with E-state index in [2.05, 4.69) is 102 Å². The molecule has 0 aliphatic heterocycles. The van der Waals surface area contributed by atoms with Gasteiger partial charge in [-0.05, 0) is 64.1 Å². The largest absolute Gasteiger partial charge is 0.488 e. The van der Waals surface area contributed by atoms with Crippen LogP contribution in [0.15, 0.2) is 133 Å². The number of para-hydroxylation sites is 2. The van der Waals surface area contributed by atoms with E-state index in [1.54, 1.807) is 12.1 Å². The van der Waals surface area contributed by atoms with Crippen molar-refractivity contribution in [3.63, 3.8) is 0 Å². The van der Waals surface area contributed by atoms with Crippen LogP contribution in [0.1, 0.15) is 0 Å². The lowest BCUT2D eigenvalue weighted by Crippen LogP contribution is -2.29. The van der Waals surface area contributed by atoms with Crippen LogP contribution in [0.25, 0.3) is 22.3 Å². The van der Waals surface area contributed by atoms with Crippen LogP contribution in [0, 0.1) is 0 Å². The predicted molar refractivity (Wildman–Crippen MR) is 142 cm³/mol. The molecule has 0 aliphatic rings. The zero-order valence-corrected chi connectivity index (χ0v) is 18.6. The summed E-state index contributed by atoms with van der Waals surface area (Å²) in [6, 6.07) is 45.1. The number of rotatable bonds is 6. The first-order valence-electron chi connectivity index (χ1n) is 11.3. The monoisotopic (exact) mass is 441 g/mol. The summed E-state index contributed by atoms with van der Waals surface area (Å²) in [5.74, 6) is 0. The van der Waals surface area contributed by atoms with Gasteiger partial charge in [0, 0.05) is 17.1 Å². The van der Waals surface area contributed by atoms with E-state index in [0.717, 1.165) is 39.3 Å². The third-order valence-corrected chi connectivity index (χ3v) is 5.91. The van der Waals surface area contributed by atoms with Gasteiger partial charge in [-0.15, -0.1) is 0 Å². The van der Waals surface area contributed by atoms with Crippen LogP contribution >= 0.6 is 0 Å². The van der Waals surface area contributed by atoms with Crippen molar-refractivity contribution in [3.8, 4) is 22.3 Å². The minimum absolute atomic E-state index is 0.487. The van der Waals surface area contributed by atoms with Gasteiger partial charge >= 0.3 is 7.12 Å². The molecule has 2 N–H and O–H groups in total. The van der Waals surface area contributed by atoms with E-state index in [-0.39, 0.29) is 0 Å². The van der Waals surface area contributed by atoms with Crippen LogP contribution in [0.3, 0.4) is 0 Å². The molecule has 5 rings (SSSR count). The summed E-state index contributed by atoms with van der Waals surface area (Å²) in [7, 11) is -1.45. The maximum Gasteiger partial charge on any atom is 0.488 e. The van der Waals surface area contributed by atoms with Crippen LogP contribution in [-0.4, -0.2) is 17.2 Å².